The number of hydrogen-bond acceptors (Lipinski definition) is 6. The van der Waals surface area contributed by atoms with Crippen molar-refractivity contribution in [3.63, 3.8) is 0 Å². The molecule has 2 aromatic rings. The quantitative estimate of drug-likeness (QED) is 0.660. The summed E-state index contributed by atoms with van der Waals surface area (Å²) in [7, 11) is 0. The number of H-pyrrole nitrogens is 1. The van der Waals surface area contributed by atoms with E-state index in [0.29, 0.717) is 23.7 Å². The Hall–Kier alpha value is -1.35. The molecule has 0 saturated carbocycles. The Labute approximate surface area is 194 Å². The van der Waals surface area contributed by atoms with Gasteiger partial charge in [0.2, 0.25) is 0 Å². The third-order valence-electron chi connectivity index (χ3n) is 7.48. The van der Waals surface area contributed by atoms with E-state index < -0.39 is 0 Å². The van der Waals surface area contributed by atoms with Gasteiger partial charge in [0, 0.05) is 50.1 Å². The van der Waals surface area contributed by atoms with Crippen LogP contribution in [0.1, 0.15) is 39.0 Å². The molecule has 3 aliphatic rings. The fourth-order valence-electron chi connectivity index (χ4n) is 5.56. The Morgan fingerprint density at radius 2 is 1.91 bits per heavy atom. The smallest absolute Gasteiger partial charge is 0.166 e. The maximum Gasteiger partial charge on any atom is 0.166 e. The SMILES string of the molecule is CC1C(CSc2nc3cc(N4CCCCCC4)c(F)cc3[nH]2)NCCC1N1CCOCC1. The number of ether oxygens (including phenoxy) is 1. The van der Waals surface area contributed by atoms with Gasteiger partial charge in [-0.3, -0.25) is 4.90 Å². The summed E-state index contributed by atoms with van der Waals surface area (Å²) in [5, 5.41) is 4.61. The minimum atomic E-state index is -0.143. The number of benzene rings is 1. The van der Waals surface area contributed by atoms with Gasteiger partial charge in [-0.2, -0.15) is 0 Å². The molecule has 3 atom stereocenters. The largest absolute Gasteiger partial charge is 0.379 e. The molecular weight excluding hydrogens is 425 g/mol. The van der Waals surface area contributed by atoms with Crippen molar-refractivity contribution in [1.82, 2.24) is 20.2 Å². The molecule has 0 aliphatic carbocycles. The minimum Gasteiger partial charge on any atom is -0.379 e. The molecule has 1 aromatic heterocycles. The zero-order valence-corrected chi connectivity index (χ0v) is 19.9. The van der Waals surface area contributed by atoms with Crippen LogP contribution in [0.5, 0.6) is 0 Å². The number of piperidine rings is 1. The first-order valence-corrected chi connectivity index (χ1v) is 13.3. The van der Waals surface area contributed by atoms with E-state index in [2.05, 4.69) is 27.0 Å². The van der Waals surface area contributed by atoms with Crippen LogP contribution in [-0.2, 0) is 4.74 Å². The van der Waals surface area contributed by atoms with Crippen molar-refractivity contribution < 1.29 is 9.13 Å². The van der Waals surface area contributed by atoms with Crippen molar-refractivity contribution in [2.75, 3.05) is 56.6 Å². The molecule has 3 fully saturated rings. The lowest BCUT2D eigenvalue weighted by atomic mass is 9.87. The van der Waals surface area contributed by atoms with Crippen molar-refractivity contribution in [2.45, 2.75) is 56.3 Å². The lowest BCUT2D eigenvalue weighted by molar-refractivity contribution is -0.00758. The maximum absolute atomic E-state index is 14.9. The van der Waals surface area contributed by atoms with E-state index in [-0.39, 0.29) is 5.82 Å². The van der Waals surface area contributed by atoms with Gasteiger partial charge in [-0.25, -0.2) is 9.37 Å². The molecule has 3 unspecified atom stereocenters. The van der Waals surface area contributed by atoms with Crippen molar-refractivity contribution >= 4 is 28.5 Å². The molecule has 3 aliphatic heterocycles. The number of rotatable bonds is 5. The average molecular weight is 462 g/mol. The van der Waals surface area contributed by atoms with Crippen LogP contribution < -0.4 is 10.2 Å². The minimum absolute atomic E-state index is 0.143. The predicted octanol–water partition coefficient (Wildman–Crippen LogP) is 3.87. The molecule has 5 rings (SSSR count). The highest BCUT2D eigenvalue weighted by molar-refractivity contribution is 7.99. The topological polar surface area (TPSA) is 56.4 Å². The molecule has 0 bridgehead atoms. The summed E-state index contributed by atoms with van der Waals surface area (Å²) >= 11 is 1.75. The Morgan fingerprint density at radius 3 is 2.69 bits per heavy atom. The third kappa shape index (κ3) is 4.93. The van der Waals surface area contributed by atoms with E-state index in [9.17, 15) is 4.39 Å². The van der Waals surface area contributed by atoms with E-state index in [1.807, 2.05) is 6.07 Å². The number of hydrogen-bond donors (Lipinski definition) is 2. The van der Waals surface area contributed by atoms with Crippen LogP contribution in [0, 0.1) is 11.7 Å². The number of fused-ring (bicyclic) bond motifs is 1. The number of thioether (sulfide) groups is 1. The molecule has 1 aromatic carbocycles. The van der Waals surface area contributed by atoms with E-state index in [1.165, 1.54) is 19.3 Å². The van der Waals surface area contributed by atoms with Gasteiger partial charge >= 0.3 is 0 Å². The van der Waals surface area contributed by atoms with Crippen LogP contribution in [0.15, 0.2) is 17.3 Å². The van der Waals surface area contributed by atoms with Crippen LogP contribution in [0.25, 0.3) is 11.0 Å². The number of nitrogens with one attached hydrogen (secondary N) is 2. The van der Waals surface area contributed by atoms with Crippen molar-refractivity contribution in [3.05, 3.63) is 17.9 Å². The fraction of sp³-hybridized carbons (Fsp3) is 0.708. The summed E-state index contributed by atoms with van der Waals surface area (Å²) in [6, 6.07) is 4.63. The maximum atomic E-state index is 14.9. The van der Waals surface area contributed by atoms with Crippen molar-refractivity contribution in [2.24, 2.45) is 5.92 Å². The predicted molar refractivity (Wildman–Crippen MR) is 129 cm³/mol. The fourth-order valence-corrected chi connectivity index (χ4v) is 6.66. The van der Waals surface area contributed by atoms with E-state index in [1.54, 1.807) is 17.8 Å². The number of halogens is 1. The highest BCUT2D eigenvalue weighted by Crippen LogP contribution is 2.31. The Bertz CT molecular complexity index is 894. The molecule has 3 saturated heterocycles. The monoisotopic (exact) mass is 461 g/mol. The summed E-state index contributed by atoms with van der Waals surface area (Å²) in [6.45, 7) is 9.10. The lowest BCUT2D eigenvalue weighted by Crippen LogP contribution is -2.57. The number of aromatic nitrogens is 2. The molecule has 8 heteroatoms. The number of nitrogens with zero attached hydrogens (tertiary/aromatic N) is 3. The Morgan fingerprint density at radius 1 is 1.12 bits per heavy atom. The van der Waals surface area contributed by atoms with E-state index >= 15 is 0 Å². The number of imidazole rings is 1. The number of morpholine rings is 1. The first kappa shape index (κ1) is 22.4. The molecule has 32 heavy (non-hydrogen) atoms. The van der Waals surface area contributed by atoms with Gasteiger partial charge in [-0.1, -0.05) is 31.5 Å². The third-order valence-corrected chi connectivity index (χ3v) is 8.47. The van der Waals surface area contributed by atoms with Crippen LogP contribution in [0.4, 0.5) is 10.1 Å². The van der Waals surface area contributed by atoms with Crippen LogP contribution in [0.2, 0.25) is 0 Å². The standard InChI is InChI=1S/C24H36FN5OS/c1-17-21(26-7-6-22(17)30-10-12-31-13-11-30)16-32-24-27-19-14-18(25)23(15-20(19)28-24)29-8-4-2-3-5-9-29/h14-15,17,21-22,26H,2-13,16H2,1H3,(H,27,28). The summed E-state index contributed by atoms with van der Waals surface area (Å²) in [5.41, 5.74) is 2.36. The van der Waals surface area contributed by atoms with Gasteiger partial charge in [-0.05, 0) is 37.8 Å². The molecule has 2 N–H and O–H groups in total. The Balaban J connectivity index is 1.25. The molecule has 176 valence electrons. The normalized spacial score (nSPS) is 28.2. The molecule has 0 amide bonds. The van der Waals surface area contributed by atoms with Gasteiger partial charge in [0.15, 0.2) is 5.16 Å². The second kappa shape index (κ2) is 10.3. The summed E-state index contributed by atoms with van der Waals surface area (Å²) in [5.74, 6) is 1.39. The zero-order valence-electron chi connectivity index (χ0n) is 19.1. The number of anilines is 1. The molecule has 6 nitrogen and oxygen atoms in total. The molecule has 4 heterocycles. The van der Waals surface area contributed by atoms with Gasteiger partial charge in [0.05, 0.1) is 29.9 Å². The first-order chi connectivity index (χ1) is 15.7. The Kier molecular flexibility index (Phi) is 7.21. The lowest BCUT2D eigenvalue weighted by Gasteiger charge is -2.44. The second-order valence-electron chi connectivity index (χ2n) is 9.50. The highest BCUT2D eigenvalue weighted by Gasteiger charge is 2.34. The first-order valence-electron chi connectivity index (χ1n) is 12.3. The van der Waals surface area contributed by atoms with Gasteiger partial charge in [-0.15, -0.1) is 0 Å². The molecule has 0 radical (unpaired) electrons. The summed E-state index contributed by atoms with van der Waals surface area (Å²) < 4.78 is 20.4. The summed E-state index contributed by atoms with van der Waals surface area (Å²) in [6.07, 6.45) is 5.95. The van der Waals surface area contributed by atoms with Gasteiger partial charge in [0.1, 0.15) is 5.82 Å². The van der Waals surface area contributed by atoms with Crippen molar-refractivity contribution in [3.8, 4) is 0 Å². The van der Waals surface area contributed by atoms with Crippen LogP contribution >= 0.6 is 11.8 Å². The van der Waals surface area contributed by atoms with E-state index in [4.69, 9.17) is 9.72 Å². The molecule has 0 spiro atoms. The van der Waals surface area contributed by atoms with Gasteiger partial charge in [0.25, 0.3) is 0 Å². The summed E-state index contributed by atoms with van der Waals surface area (Å²) in [4.78, 5) is 13.0. The zero-order chi connectivity index (χ0) is 21.9. The molecular formula is C24H36FN5OS. The average Bonchev–Trinajstić information content (AvgIpc) is 3.01. The van der Waals surface area contributed by atoms with E-state index in [0.717, 1.165) is 80.7 Å². The highest BCUT2D eigenvalue weighted by atomic mass is 32.2. The van der Waals surface area contributed by atoms with Crippen LogP contribution in [-0.4, -0.2) is 78.6 Å². The second-order valence-corrected chi connectivity index (χ2v) is 10.5. The van der Waals surface area contributed by atoms with Crippen LogP contribution in [0.3, 0.4) is 0 Å². The van der Waals surface area contributed by atoms with Gasteiger partial charge < -0.3 is 19.9 Å². The van der Waals surface area contributed by atoms with Crippen molar-refractivity contribution in [1.29, 1.82) is 0 Å². The number of aromatic amines is 1.